The molecule has 0 bridgehead atoms. The van der Waals surface area contributed by atoms with E-state index >= 15 is 0 Å². The normalized spacial score (nSPS) is 14.1. The van der Waals surface area contributed by atoms with E-state index in [0.717, 1.165) is 17.3 Å². The lowest BCUT2D eigenvalue weighted by atomic mass is 10.1. The fourth-order valence-electron chi connectivity index (χ4n) is 2.15. The highest BCUT2D eigenvalue weighted by atomic mass is 35.5. The Morgan fingerprint density at radius 1 is 1.32 bits per heavy atom. The highest BCUT2D eigenvalue weighted by Gasteiger charge is 2.14. The van der Waals surface area contributed by atoms with Crippen molar-refractivity contribution in [3.05, 3.63) is 42.1 Å². The Kier molecular flexibility index (Phi) is 4.38. The monoisotopic (exact) mass is 276 g/mol. The maximum atomic E-state index is 12.3. The van der Waals surface area contributed by atoms with Crippen molar-refractivity contribution in [2.24, 2.45) is 0 Å². The maximum absolute atomic E-state index is 12.3. The summed E-state index contributed by atoms with van der Waals surface area (Å²) < 4.78 is 0. The molecule has 0 saturated heterocycles. The summed E-state index contributed by atoms with van der Waals surface area (Å²) in [6, 6.07) is 9.35. The smallest absolute Gasteiger partial charge is 0.252 e. The zero-order valence-corrected chi connectivity index (χ0v) is 11.8. The summed E-state index contributed by atoms with van der Waals surface area (Å²) in [5, 5.41) is 3.88. The number of hydrogen-bond donors (Lipinski definition) is 1. The number of nitrogens with one attached hydrogen (secondary N) is 1. The average molecular weight is 277 g/mol. The van der Waals surface area contributed by atoms with Crippen LogP contribution in [0, 0.1) is 0 Å². The van der Waals surface area contributed by atoms with Crippen molar-refractivity contribution in [2.75, 3.05) is 0 Å². The Morgan fingerprint density at radius 3 is 2.84 bits per heavy atom. The molecule has 1 heterocycles. The molecule has 4 heteroatoms. The van der Waals surface area contributed by atoms with Crippen LogP contribution in [-0.4, -0.2) is 22.3 Å². The molecule has 2 unspecified atom stereocenters. The summed E-state index contributed by atoms with van der Waals surface area (Å²) in [4.78, 5) is 16.5. The van der Waals surface area contributed by atoms with E-state index in [2.05, 4.69) is 10.3 Å². The minimum absolute atomic E-state index is 0.0458. The molecule has 19 heavy (non-hydrogen) atoms. The SMILES string of the molecule is CC(Cl)CC(C)NC(=O)c1cccc2ncccc12. The minimum atomic E-state index is -0.0802. The zero-order valence-electron chi connectivity index (χ0n) is 11.1. The van der Waals surface area contributed by atoms with E-state index in [4.69, 9.17) is 11.6 Å². The predicted molar refractivity (Wildman–Crippen MR) is 78.6 cm³/mol. The minimum Gasteiger partial charge on any atom is -0.350 e. The van der Waals surface area contributed by atoms with Crippen LogP contribution in [0.15, 0.2) is 36.5 Å². The lowest BCUT2D eigenvalue weighted by Crippen LogP contribution is -2.34. The number of pyridine rings is 1. The molecule has 1 aromatic heterocycles. The Labute approximate surface area is 118 Å². The molecule has 0 aliphatic carbocycles. The van der Waals surface area contributed by atoms with Crippen LogP contribution in [0.1, 0.15) is 30.6 Å². The van der Waals surface area contributed by atoms with Crippen molar-refractivity contribution >= 4 is 28.4 Å². The van der Waals surface area contributed by atoms with Crippen LogP contribution < -0.4 is 5.32 Å². The standard InChI is InChI=1S/C15H17ClN2O/c1-10(16)9-11(2)18-15(19)13-5-3-7-14-12(13)6-4-8-17-14/h3-8,10-11H,9H2,1-2H3,(H,18,19). The van der Waals surface area contributed by atoms with Gasteiger partial charge in [0.25, 0.3) is 5.91 Å². The molecule has 2 atom stereocenters. The molecule has 0 radical (unpaired) electrons. The molecule has 1 N–H and O–H groups in total. The van der Waals surface area contributed by atoms with Crippen LogP contribution in [0.25, 0.3) is 10.9 Å². The molecule has 1 aromatic carbocycles. The number of fused-ring (bicyclic) bond motifs is 1. The Bertz CT molecular complexity index is 578. The van der Waals surface area contributed by atoms with Gasteiger partial charge in [-0.15, -0.1) is 11.6 Å². The van der Waals surface area contributed by atoms with Crippen LogP contribution in [0.3, 0.4) is 0 Å². The van der Waals surface area contributed by atoms with Crippen molar-refractivity contribution < 1.29 is 4.79 Å². The first-order valence-electron chi connectivity index (χ1n) is 6.36. The number of carbonyl (C=O) groups is 1. The molecule has 0 saturated carbocycles. The van der Waals surface area contributed by atoms with Crippen molar-refractivity contribution in [3.63, 3.8) is 0 Å². The molecule has 0 aliphatic heterocycles. The van der Waals surface area contributed by atoms with Gasteiger partial charge in [-0.3, -0.25) is 9.78 Å². The first-order chi connectivity index (χ1) is 9.08. The Morgan fingerprint density at radius 2 is 2.11 bits per heavy atom. The molecule has 3 nitrogen and oxygen atoms in total. The largest absolute Gasteiger partial charge is 0.350 e. The summed E-state index contributed by atoms with van der Waals surface area (Å²) >= 11 is 5.94. The number of aromatic nitrogens is 1. The Hall–Kier alpha value is -1.61. The second kappa shape index (κ2) is 6.02. The van der Waals surface area contributed by atoms with Gasteiger partial charge in [0, 0.05) is 28.6 Å². The molecule has 2 aromatic rings. The topological polar surface area (TPSA) is 42.0 Å². The summed E-state index contributed by atoms with van der Waals surface area (Å²) in [7, 11) is 0. The maximum Gasteiger partial charge on any atom is 0.252 e. The molecule has 1 amide bonds. The van der Waals surface area contributed by atoms with E-state index in [1.165, 1.54) is 0 Å². The van der Waals surface area contributed by atoms with Crippen LogP contribution in [-0.2, 0) is 0 Å². The van der Waals surface area contributed by atoms with E-state index in [0.29, 0.717) is 5.56 Å². The zero-order chi connectivity index (χ0) is 13.8. The molecule has 2 rings (SSSR count). The molecule has 0 spiro atoms. The number of hydrogen-bond acceptors (Lipinski definition) is 2. The molecular weight excluding hydrogens is 260 g/mol. The third-order valence-corrected chi connectivity index (χ3v) is 3.12. The average Bonchev–Trinajstić information content (AvgIpc) is 2.36. The molecular formula is C15H17ClN2O. The van der Waals surface area contributed by atoms with Gasteiger partial charge in [-0.1, -0.05) is 12.1 Å². The van der Waals surface area contributed by atoms with E-state index in [1.54, 1.807) is 6.20 Å². The number of benzene rings is 1. The van der Waals surface area contributed by atoms with Gasteiger partial charge >= 0.3 is 0 Å². The number of rotatable bonds is 4. The van der Waals surface area contributed by atoms with Crippen molar-refractivity contribution in [2.45, 2.75) is 31.7 Å². The number of nitrogens with zero attached hydrogens (tertiary/aromatic N) is 1. The van der Waals surface area contributed by atoms with Gasteiger partial charge in [0.2, 0.25) is 0 Å². The molecule has 100 valence electrons. The van der Waals surface area contributed by atoms with Gasteiger partial charge in [-0.2, -0.15) is 0 Å². The first kappa shape index (κ1) is 13.8. The Balaban J connectivity index is 2.22. The van der Waals surface area contributed by atoms with E-state index < -0.39 is 0 Å². The second-order valence-corrected chi connectivity index (χ2v) is 5.51. The van der Waals surface area contributed by atoms with Crippen LogP contribution >= 0.6 is 11.6 Å². The van der Waals surface area contributed by atoms with Gasteiger partial charge in [0.15, 0.2) is 0 Å². The van der Waals surface area contributed by atoms with Gasteiger partial charge in [-0.25, -0.2) is 0 Å². The highest BCUT2D eigenvalue weighted by Crippen LogP contribution is 2.16. The van der Waals surface area contributed by atoms with Crippen molar-refractivity contribution in [1.29, 1.82) is 0 Å². The van der Waals surface area contributed by atoms with E-state index in [1.807, 2.05) is 44.2 Å². The van der Waals surface area contributed by atoms with Gasteiger partial charge in [-0.05, 0) is 38.5 Å². The van der Waals surface area contributed by atoms with Gasteiger partial charge in [0.1, 0.15) is 0 Å². The third-order valence-electron chi connectivity index (χ3n) is 2.95. The number of carbonyl (C=O) groups excluding carboxylic acids is 1. The van der Waals surface area contributed by atoms with Gasteiger partial charge < -0.3 is 5.32 Å². The van der Waals surface area contributed by atoms with Crippen LogP contribution in [0.5, 0.6) is 0 Å². The molecule has 0 aliphatic rings. The number of alkyl halides is 1. The van der Waals surface area contributed by atoms with E-state index in [-0.39, 0.29) is 17.3 Å². The van der Waals surface area contributed by atoms with Crippen molar-refractivity contribution in [3.8, 4) is 0 Å². The van der Waals surface area contributed by atoms with E-state index in [9.17, 15) is 4.79 Å². The van der Waals surface area contributed by atoms with Crippen molar-refractivity contribution in [1.82, 2.24) is 10.3 Å². The third kappa shape index (κ3) is 3.44. The lowest BCUT2D eigenvalue weighted by Gasteiger charge is -2.15. The van der Waals surface area contributed by atoms with Crippen LogP contribution in [0.2, 0.25) is 0 Å². The summed E-state index contributed by atoms with van der Waals surface area (Å²) in [5.41, 5.74) is 1.48. The highest BCUT2D eigenvalue weighted by molar-refractivity contribution is 6.20. The fraction of sp³-hybridized carbons (Fsp3) is 0.333. The second-order valence-electron chi connectivity index (χ2n) is 4.77. The quantitative estimate of drug-likeness (QED) is 0.870. The number of halogens is 1. The molecule has 0 fully saturated rings. The first-order valence-corrected chi connectivity index (χ1v) is 6.80. The predicted octanol–water partition coefficient (Wildman–Crippen LogP) is 3.37. The summed E-state index contributed by atoms with van der Waals surface area (Å²) in [6.45, 7) is 3.88. The van der Waals surface area contributed by atoms with Gasteiger partial charge in [0.05, 0.1) is 5.52 Å². The summed E-state index contributed by atoms with van der Waals surface area (Å²) in [5.74, 6) is -0.0802. The summed E-state index contributed by atoms with van der Waals surface area (Å²) in [6.07, 6.45) is 2.47. The van der Waals surface area contributed by atoms with Crippen LogP contribution in [0.4, 0.5) is 0 Å². The fourth-order valence-corrected chi connectivity index (χ4v) is 2.42. The lowest BCUT2D eigenvalue weighted by molar-refractivity contribution is 0.0940. The number of amides is 1.